The quantitative estimate of drug-likeness (QED) is 0.585. The van der Waals surface area contributed by atoms with Gasteiger partial charge in [-0.25, -0.2) is 4.79 Å². The van der Waals surface area contributed by atoms with E-state index in [1.807, 2.05) is 18.2 Å². The number of amides is 1. The fourth-order valence-electron chi connectivity index (χ4n) is 2.74. The van der Waals surface area contributed by atoms with Crippen LogP contribution in [0.5, 0.6) is 0 Å². The van der Waals surface area contributed by atoms with Gasteiger partial charge in [0.15, 0.2) is 5.82 Å². The maximum atomic E-state index is 11.9. The molecule has 4 heterocycles. The van der Waals surface area contributed by atoms with Crippen LogP contribution in [-0.4, -0.2) is 37.4 Å². The molecule has 0 saturated heterocycles. The van der Waals surface area contributed by atoms with Gasteiger partial charge in [-0.2, -0.15) is 10.2 Å². The monoisotopic (exact) mass is 329 g/mol. The van der Waals surface area contributed by atoms with E-state index in [-0.39, 0.29) is 23.9 Å². The van der Waals surface area contributed by atoms with Crippen LogP contribution in [0.25, 0.3) is 10.6 Å². The van der Waals surface area contributed by atoms with Crippen molar-refractivity contribution in [2.45, 2.75) is 12.3 Å². The second kappa shape index (κ2) is 5.06. The van der Waals surface area contributed by atoms with Crippen LogP contribution in [0.3, 0.4) is 0 Å². The van der Waals surface area contributed by atoms with E-state index >= 15 is 0 Å². The Morgan fingerprint density at radius 3 is 2.91 bits per heavy atom. The van der Waals surface area contributed by atoms with Crippen LogP contribution in [0, 0.1) is 0 Å². The number of aromatic amines is 2. The molecule has 1 aliphatic rings. The lowest BCUT2D eigenvalue weighted by molar-refractivity contribution is -0.116. The van der Waals surface area contributed by atoms with Crippen molar-refractivity contribution in [2.24, 2.45) is 0 Å². The number of anilines is 1. The van der Waals surface area contributed by atoms with Crippen molar-refractivity contribution < 1.29 is 14.7 Å². The molecule has 1 amide bonds. The summed E-state index contributed by atoms with van der Waals surface area (Å²) in [6.45, 7) is 0. The summed E-state index contributed by atoms with van der Waals surface area (Å²) < 4.78 is 0. The highest BCUT2D eigenvalue weighted by atomic mass is 32.1. The molecule has 9 heteroatoms. The predicted octanol–water partition coefficient (Wildman–Crippen LogP) is 2.03. The van der Waals surface area contributed by atoms with Crippen LogP contribution < -0.4 is 5.32 Å². The van der Waals surface area contributed by atoms with Gasteiger partial charge in [-0.3, -0.25) is 15.0 Å². The van der Waals surface area contributed by atoms with Gasteiger partial charge in [0.1, 0.15) is 5.69 Å². The molecular formula is C14H11N5O3S. The Balaban J connectivity index is 1.79. The second-order valence-corrected chi connectivity index (χ2v) is 6.26. The van der Waals surface area contributed by atoms with Crippen molar-refractivity contribution in [3.8, 4) is 10.6 Å². The van der Waals surface area contributed by atoms with E-state index in [1.54, 1.807) is 6.20 Å². The molecule has 1 aliphatic heterocycles. The van der Waals surface area contributed by atoms with Gasteiger partial charge in [-0.1, -0.05) is 0 Å². The number of rotatable bonds is 3. The molecule has 23 heavy (non-hydrogen) atoms. The minimum absolute atomic E-state index is 0.0153. The topological polar surface area (TPSA) is 124 Å². The molecule has 0 spiro atoms. The van der Waals surface area contributed by atoms with Crippen molar-refractivity contribution in [1.82, 2.24) is 20.4 Å². The summed E-state index contributed by atoms with van der Waals surface area (Å²) in [4.78, 5) is 25.2. The molecule has 116 valence electrons. The highest BCUT2D eigenvalue weighted by molar-refractivity contribution is 7.15. The molecule has 1 atom stereocenters. The number of thiophene rings is 1. The van der Waals surface area contributed by atoms with Gasteiger partial charge in [0, 0.05) is 29.0 Å². The first kappa shape index (κ1) is 13.7. The van der Waals surface area contributed by atoms with Gasteiger partial charge in [-0.05, 0) is 18.2 Å². The third kappa shape index (κ3) is 2.21. The van der Waals surface area contributed by atoms with Crippen LogP contribution in [0.4, 0.5) is 5.82 Å². The molecule has 0 aromatic carbocycles. The largest absolute Gasteiger partial charge is 0.477 e. The van der Waals surface area contributed by atoms with Crippen molar-refractivity contribution in [3.63, 3.8) is 0 Å². The average Bonchev–Trinajstić information content (AvgIpc) is 3.25. The first-order valence-corrected chi connectivity index (χ1v) is 7.66. The molecule has 3 aromatic heterocycles. The van der Waals surface area contributed by atoms with Gasteiger partial charge >= 0.3 is 5.97 Å². The number of H-pyrrole nitrogens is 2. The number of nitrogens with zero attached hydrogens (tertiary/aromatic N) is 2. The molecule has 4 rings (SSSR count). The van der Waals surface area contributed by atoms with E-state index in [2.05, 4.69) is 25.7 Å². The lowest BCUT2D eigenvalue weighted by Crippen LogP contribution is -2.23. The van der Waals surface area contributed by atoms with E-state index in [0.717, 1.165) is 15.4 Å². The summed E-state index contributed by atoms with van der Waals surface area (Å²) in [5.74, 6) is -1.31. The Morgan fingerprint density at radius 2 is 2.17 bits per heavy atom. The summed E-state index contributed by atoms with van der Waals surface area (Å²) in [6, 6.07) is 5.70. The van der Waals surface area contributed by atoms with Gasteiger partial charge in [-0.15, -0.1) is 11.3 Å². The van der Waals surface area contributed by atoms with E-state index in [4.69, 9.17) is 0 Å². The van der Waals surface area contributed by atoms with E-state index in [0.29, 0.717) is 11.4 Å². The maximum absolute atomic E-state index is 11.9. The molecule has 0 unspecified atom stereocenters. The molecule has 0 saturated carbocycles. The molecule has 0 fully saturated rings. The van der Waals surface area contributed by atoms with E-state index in [9.17, 15) is 14.7 Å². The Kier molecular flexibility index (Phi) is 3.01. The normalized spacial score (nSPS) is 16.9. The smallest absolute Gasteiger partial charge is 0.354 e. The van der Waals surface area contributed by atoms with Gasteiger partial charge in [0.05, 0.1) is 10.6 Å². The third-order valence-corrected chi connectivity index (χ3v) is 4.98. The highest BCUT2D eigenvalue weighted by Crippen LogP contribution is 2.42. The summed E-state index contributed by atoms with van der Waals surface area (Å²) in [6.07, 6.45) is 1.86. The number of carboxylic acids is 1. The second-order valence-electron chi connectivity index (χ2n) is 5.14. The predicted molar refractivity (Wildman–Crippen MR) is 82.5 cm³/mol. The number of nitrogens with one attached hydrogen (secondary N) is 3. The standard InChI is InChI=1S/C14H11N5O3S/c20-10-5-6(11-12(14(21)22)18-19-13(11)16-10)8-1-2-9(23-8)7-3-4-15-17-7/h1-4,6H,5H2,(H,15,17)(H,21,22)(H2,16,18,19,20)/t6-/m0/s1. The number of carbonyl (C=O) groups excluding carboxylic acids is 1. The summed E-state index contributed by atoms with van der Waals surface area (Å²) >= 11 is 1.50. The molecule has 3 aromatic rings. The summed E-state index contributed by atoms with van der Waals surface area (Å²) in [5, 5.41) is 25.2. The number of aromatic carboxylic acids is 1. The van der Waals surface area contributed by atoms with Gasteiger partial charge in [0.25, 0.3) is 0 Å². The van der Waals surface area contributed by atoms with Crippen molar-refractivity contribution >= 4 is 29.0 Å². The highest BCUT2D eigenvalue weighted by Gasteiger charge is 2.34. The number of aromatic nitrogens is 4. The zero-order valence-electron chi connectivity index (χ0n) is 11.7. The minimum atomic E-state index is -1.09. The maximum Gasteiger partial charge on any atom is 0.354 e. The lowest BCUT2D eigenvalue weighted by atomic mass is 9.90. The zero-order valence-corrected chi connectivity index (χ0v) is 12.5. The van der Waals surface area contributed by atoms with Crippen molar-refractivity contribution in [2.75, 3.05) is 5.32 Å². The van der Waals surface area contributed by atoms with Crippen LogP contribution in [-0.2, 0) is 4.79 Å². The number of carbonyl (C=O) groups is 2. The summed E-state index contributed by atoms with van der Waals surface area (Å²) in [5.41, 5.74) is 1.42. The first-order valence-electron chi connectivity index (χ1n) is 6.84. The van der Waals surface area contributed by atoms with Crippen molar-refractivity contribution in [3.05, 3.63) is 40.5 Å². The SMILES string of the molecule is O=C1C[C@@H](c2ccc(-c3ccn[nH]3)s2)c2c(n[nH]c2C(=O)O)N1. The fourth-order valence-corrected chi connectivity index (χ4v) is 3.83. The molecule has 8 nitrogen and oxygen atoms in total. The Morgan fingerprint density at radius 1 is 1.30 bits per heavy atom. The fraction of sp³-hybridized carbons (Fsp3) is 0.143. The number of hydrogen-bond donors (Lipinski definition) is 4. The Bertz CT molecular complexity index is 896. The third-order valence-electron chi connectivity index (χ3n) is 3.75. The molecular weight excluding hydrogens is 318 g/mol. The Labute approximate surface area is 133 Å². The van der Waals surface area contributed by atoms with Gasteiger partial charge in [0.2, 0.25) is 5.91 Å². The lowest BCUT2D eigenvalue weighted by Gasteiger charge is -2.21. The van der Waals surface area contributed by atoms with Crippen molar-refractivity contribution in [1.29, 1.82) is 0 Å². The number of carboxylic acid groups (broad SMARTS) is 1. The summed E-state index contributed by atoms with van der Waals surface area (Å²) in [7, 11) is 0. The Hall–Kier alpha value is -2.94. The zero-order chi connectivity index (χ0) is 16.0. The number of fused-ring (bicyclic) bond motifs is 1. The average molecular weight is 329 g/mol. The van der Waals surface area contributed by atoms with Crippen LogP contribution in [0.15, 0.2) is 24.4 Å². The molecule has 0 bridgehead atoms. The van der Waals surface area contributed by atoms with Crippen LogP contribution in [0.1, 0.15) is 33.3 Å². The number of hydrogen-bond acceptors (Lipinski definition) is 5. The first-order chi connectivity index (χ1) is 11.1. The van der Waals surface area contributed by atoms with Gasteiger partial charge < -0.3 is 10.4 Å². The minimum Gasteiger partial charge on any atom is -0.477 e. The molecule has 0 aliphatic carbocycles. The molecule has 0 radical (unpaired) electrons. The van der Waals surface area contributed by atoms with Crippen LogP contribution >= 0.6 is 11.3 Å². The van der Waals surface area contributed by atoms with E-state index in [1.165, 1.54) is 11.3 Å². The molecule has 4 N–H and O–H groups in total. The van der Waals surface area contributed by atoms with E-state index < -0.39 is 5.97 Å². The van der Waals surface area contributed by atoms with Crippen LogP contribution in [0.2, 0.25) is 0 Å².